The number of hydrogen-bond acceptors (Lipinski definition) is 4. The van der Waals surface area contributed by atoms with Gasteiger partial charge in [-0.05, 0) is 24.6 Å². The Bertz CT molecular complexity index is 889. The van der Waals surface area contributed by atoms with Crippen LogP contribution in [-0.2, 0) is 14.8 Å². The highest BCUT2D eigenvalue weighted by Crippen LogP contribution is 2.26. The van der Waals surface area contributed by atoms with Gasteiger partial charge >= 0.3 is 0 Å². The lowest BCUT2D eigenvalue weighted by molar-refractivity contribution is -0.130. The van der Waals surface area contributed by atoms with E-state index in [9.17, 15) is 13.2 Å². The minimum absolute atomic E-state index is 0. The molecule has 3 rings (SSSR count). The SMILES string of the molecule is Cc1ccc(S(=O)(=O)NCCC(=O)N2C[C@@H](N)[C@H](c3ccccc3)C2)cc1.Cl. The summed E-state index contributed by atoms with van der Waals surface area (Å²) in [5, 5.41) is 0. The summed E-state index contributed by atoms with van der Waals surface area (Å²) in [7, 11) is -3.61. The Hall–Kier alpha value is -1.93. The third-order valence-electron chi connectivity index (χ3n) is 4.91. The lowest BCUT2D eigenvalue weighted by Gasteiger charge is -2.16. The molecule has 1 aliphatic heterocycles. The summed E-state index contributed by atoms with van der Waals surface area (Å²) in [6.07, 6.45) is 0.110. The predicted octanol–water partition coefficient (Wildman–Crippen LogP) is 2.04. The Morgan fingerprint density at radius 3 is 2.39 bits per heavy atom. The standard InChI is InChI=1S/C20H25N3O3S.ClH/c1-15-7-9-17(10-8-15)27(25,26)22-12-11-20(24)23-13-18(19(21)14-23)16-5-3-2-4-6-16;/h2-10,18-19,22H,11-14,21H2,1H3;1H/t18-,19+;/m0./s1. The van der Waals surface area contributed by atoms with Crippen LogP contribution in [0.15, 0.2) is 59.5 Å². The van der Waals surface area contributed by atoms with Gasteiger partial charge in [-0.1, -0.05) is 48.0 Å². The smallest absolute Gasteiger partial charge is 0.240 e. The zero-order valence-corrected chi connectivity index (χ0v) is 17.4. The van der Waals surface area contributed by atoms with Gasteiger partial charge in [-0.25, -0.2) is 13.1 Å². The second-order valence-electron chi connectivity index (χ2n) is 6.94. The average molecular weight is 424 g/mol. The molecule has 2 aromatic rings. The van der Waals surface area contributed by atoms with Crippen LogP contribution >= 0.6 is 12.4 Å². The van der Waals surface area contributed by atoms with Crippen LogP contribution in [0.2, 0.25) is 0 Å². The molecule has 1 fully saturated rings. The van der Waals surface area contributed by atoms with E-state index < -0.39 is 10.0 Å². The molecule has 0 aromatic heterocycles. The topological polar surface area (TPSA) is 92.5 Å². The van der Waals surface area contributed by atoms with E-state index in [4.69, 9.17) is 5.73 Å². The van der Waals surface area contributed by atoms with Gasteiger partial charge in [-0.2, -0.15) is 0 Å². The number of likely N-dealkylation sites (tertiary alicyclic amines) is 1. The molecular weight excluding hydrogens is 398 g/mol. The molecular formula is C20H26ClN3O3S. The molecule has 0 aliphatic carbocycles. The number of benzene rings is 2. The van der Waals surface area contributed by atoms with Crippen molar-refractivity contribution in [3.05, 3.63) is 65.7 Å². The van der Waals surface area contributed by atoms with Crippen molar-refractivity contribution >= 4 is 28.3 Å². The zero-order valence-electron chi connectivity index (χ0n) is 15.7. The summed E-state index contributed by atoms with van der Waals surface area (Å²) < 4.78 is 27.1. The molecule has 1 amide bonds. The fourth-order valence-electron chi connectivity index (χ4n) is 3.34. The molecule has 28 heavy (non-hydrogen) atoms. The Kier molecular flexibility index (Phi) is 7.60. The minimum atomic E-state index is -3.61. The van der Waals surface area contributed by atoms with Crippen LogP contribution in [0.1, 0.15) is 23.5 Å². The van der Waals surface area contributed by atoms with Crippen molar-refractivity contribution in [3.8, 4) is 0 Å². The normalized spacial score (nSPS) is 19.3. The van der Waals surface area contributed by atoms with Crippen LogP contribution in [0.4, 0.5) is 0 Å². The number of nitrogens with zero attached hydrogens (tertiary/aromatic N) is 1. The number of halogens is 1. The van der Waals surface area contributed by atoms with Gasteiger partial charge in [-0.15, -0.1) is 12.4 Å². The van der Waals surface area contributed by atoms with Crippen molar-refractivity contribution in [1.29, 1.82) is 0 Å². The van der Waals surface area contributed by atoms with Crippen molar-refractivity contribution in [2.24, 2.45) is 5.73 Å². The second-order valence-corrected chi connectivity index (χ2v) is 8.71. The summed E-state index contributed by atoms with van der Waals surface area (Å²) in [4.78, 5) is 14.4. The van der Waals surface area contributed by atoms with Crippen LogP contribution in [0, 0.1) is 6.92 Å². The van der Waals surface area contributed by atoms with Gasteiger partial charge in [0.1, 0.15) is 0 Å². The van der Waals surface area contributed by atoms with E-state index in [1.807, 2.05) is 37.3 Å². The summed E-state index contributed by atoms with van der Waals surface area (Å²) in [6.45, 7) is 3.01. The number of carbonyl (C=O) groups excluding carboxylic acids is 1. The molecule has 3 N–H and O–H groups in total. The van der Waals surface area contributed by atoms with Gasteiger partial charge in [0.05, 0.1) is 4.90 Å². The number of hydrogen-bond donors (Lipinski definition) is 2. The largest absolute Gasteiger partial charge is 0.340 e. The molecule has 2 aromatic carbocycles. The Morgan fingerprint density at radius 1 is 1.11 bits per heavy atom. The Labute approximate surface area is 172 Å². The van der Waals surface area contributed by atoms with Crippen LogP contribution < -0.4 is 10.5 Å². The molecule has 6 nitrogen and oxygen atoms in total. The molecule has 1 aliphatic rings. The number of nitrogens with one attached hydrogen (secondary N) is 1. The Morgan fingerprint density at radius 2 is 1.75 bits per heavy atom. The monoisotopic (exact) mass is 423 g/mol. The van der Waals surface area contributed by atoms with Crippen LogP contribution in [0.5, 0.6) is 0 Å². The first-order valence-electron chi connectivity index (χ1n) is 9.01. The number of amides is 1. The molecule has 1 heterocycles. The van der Waals surface area contributed by atoms with Crippen LogP contribution in [0.3, 0.4) is 0 Å². The van der Waals surface area contributed by atoms with E-state index in [1.54, 1.807) is 29.2 Å². The maximum absolute atomic E-state index is 12.5. The molecule has 8 heteroatoms. The first kappa shape index (κ1) is 22.4. The average Bonchev–Trinajstić information content (AvgIpc) is 3.04. The number of nitrogens with two attached hydrogens (primary N) is 1. The summed E-state index contributed by atoms with van der Waals surface area (Å²) in [5.41, 5.74) is 8.33. The second kappa shape index (κ2) is 9.52. The van der Waals surface area contributed by atoms with Gasteiger partial charge in [0.25, 0.3) is 0 Å². The lowest BCUT2D eigenvalue weighted by Crippen LogP contribution is -2.34. The molecule has 152 valence electrons. The predicted molar refractivity (Wildman–Crippen MR) is 112 cm³/mol. The van der Waals surface area contributed by atoms with Crippen molar-refractivity contribution in [1.82, 2.24) is 9.62 Å². The quantitative estimate of drug-likeness (QED) is 0.743. The first-order chi connectivity index (χ1) is 12.9. The maximum atomic E-state index is 12.5. The number of rotatable bonds is 6. The van der Waals surface area contributed by atoms with Gasteiger partial charge in [0.2, 0.25) is 15.9 Å². The zero-order chi connectivity index (χ0) is 19.4. The van der Waals surface area contributed by atoms with E-state index >= 15 is 0 Å². The van der Waals surface area contributed by atoms with E-state index in [2.05, 4.69) is 4.72 Å². The Balaban J connectivity index is 0.00000280. The lowest BCUT2D eigenvalue weighted by atomic mass is 9.95. The highest BCUT2D eigenvalue weighted by Gasteiger charge is 2.33. The van der Waals surface area contributed by atoms with Crippen molar-refractivity contribution in [3.63, 3.8) is 0 Å². The van der Waals surface area contributed by atoms with Crippen LogP contribution in [0.25, 0.3) is 0 Å². The maximum Gasteiger partial charge on any atom is 0.240 e. The third kappa shape index (κ3) is 5.32. The molecule has 2 atom stereocenters. The van der Waals surface area contributed by atoms with Gasteiger partial charge in [0, 0.05) is 38.0 Å². The molecule has 0 saturated carbocycles. The fraction of sp³-hybridized carbons (Fsp3) is 0.350. The van der Waals surface area contributed by atoms with E-state index in [-0.39, 0.29) is 48.1 Å². The number of sulfonamides is 1. The summed E-state index contributed by atoms with van der Waals surface area (Å²) in [5.74, 6) is 0.0230. The number of carbonyl (C=O) groups is 1. The third-order valence-corrected chi connectivity index (χ3v) is 6.38. The fourth-order valence-corrected chi connectivity index (χ4v) is 4.37. The van der Waals surface area contributed by atoms with E-state index in [1.165, 1.54) is 0 Å². The van der Waals surface area contributed by atoms with Gasteiger partial charge < -0.3 is 10.6 Å². The molecule has 1 saturated heterocycles. The summed E-state index contributed by atoms with van der Waals surface area (Å²) >= 11 is 0. The molecule has 0 bridgehead atoms. The van der Waals surface area contributed by atoms with Crippen molar-refractivity contribution in [2.45, 2.75) is 30.2 Å². The first-order valence-corrected chi connectivity index (χ1v) is 10.5. The summed E-state index contributed by atoms with van der Waals surface area (Å²) in [6, 6.07) is 16.4. The van der Waals surface area contributed by atoms with E-state index in [0.717, 1.165) is 11.1 Å². The molecule has 0 radical (unpaired) electrons. The highest BCUT2D eigenvalue weighted by atomic mass is 35.5. The van der Waals surface area contributed by atoms with Crippen LogP contribution in [-0.4, -0.2) is 44.9 Å². The minimum Gasteiger partial charge on any atom is -0.340 e. The van der Waals surface area contributed by atoms with E-state index in [0.29, 0.717) is 13.1 Å². The molecule has 0 unspecified atom stereocenters. The van der Waals surface area contributed by atoms with Crippen molar-refractivity contribution < 1.29 is 13.2 Å². The van der Waals surface area contributed by atoms with Gasteiger partial charge in [-0.3, -0.25) is 4.79 Å². The van der Waals surface area contributed by atoms with Crippen molar-refractivity contribution in [2.75, 3.05) is 19.6 Å². The van der Waals surface area contributed by atoms with Gasteiger partial charge in [0.15, 0.2) is 0 Å². The highest BCUT2D eigenvalue weighted by molar-refractivity contribution is 7.89. The number of aryl methyl sites for hydroxylation is 1. The molecule has 0 spiro atoms.